The number of carboxylic acid groups (broad SMARTS) is 1. The van der Waals surface area contributed by atoms with E-state index in [4.69, 9.17) is 5.11 Å². The molecule has 3 N–H and O–H groups in total. The van der Waals surface area contributed by atoms with Gasteiger partial charge in [0.2, 0.25) is 0 Å². The predicted octanol–water partition coefficient (Wildman–Crippen LogP) is 1.51. The summed E-state index contributed by atoms with van der Waals surface area (Å²) in [5, 5.41) is 8.55. The van der Waals surface area contributed by atoms with Crippen molar-refractivity contribution in [3.63, 3.8) is 0 Å². The van der Waals surface area contributed by atoms with Gasteiger partial charge in [0.15, 0.2) is 0 Å². The van der Waals surface area contributed by atoms with Gasteiger partial charge in [0.25, 0.3) is 10.2 Å². The zero-order valence-corrected chi connectivity index (χ0v) is 11.5. The van der Waals surface area contributed by atoms with Gasteiger partial charge >= 0.3 is 12.1 Å². The van der Waals surface area contributed by atoms with Crippen LogP contribution in [0.4, 0.5) is 18.9 Å². The predicted molar refractivity (Wildman–Crippen MR) is 69.0 cm³/mol. The summed E-state index contributed by atoms with van der Waals surface area (Å²) in [5.74, 6) is -1.01. The van der Waals surface area contributed by atoms with E-state index >= 15 is 0 Å². The lowest BCUT2D eigenvalue weighted by Gasteiger charge is -2.11. The van der Waals surface area contributed by atoms with Crippen LogP contribution in [0.5, 0.6) is 0 Å². The summed E-state index contributed by atoms with van der Waals surface area (Å²) in [7, 11) is -4.35. The molecule has 21 heavy (non-hydrogen) atoms. The van der Waals surface area contributed by atoms with E-state index in [0.717, 1.165) is 0 Å². The van der Waals surface area contributed by atoms with Crippen molar-refractivity contribution in [2.45, 2.75) is 19.0 Å². The lowest BCUT2D eigenvalue weighted by molar-refractivity contribution is -0.137. The minimum atomic E-state index is -4.65. The Balaban J connectivity index is 2.69. The van der Waals surface area contributed by atoms with E-state index in [0.29, 0.717) is 5.56 Å². The van der Waals surface area contributed by atoms with E-state index in [1.54, 1.807) is 6.07 Å². The number of aliphatic carboxylic acids is 1. The van der Waals surface area contributed by atoms with E-state index in [2.05, 4.69) is 0 Å². The summed E-state index contributed by atoms with van der Waals surface area (Å²) in [4.78, 5) is 10.4. The molecule has 0 spiro atoms. The van der Waals surface area contributed by atoms with Crippen molar-refractivity contribution >= 4 is 21.9 Å². The number of aryl methyl sites for hydroxylation is 1. The number of hydrogen-bond donors (Lipinski definition) is 3. The Kier molecular flexibility index (Phi) is 5.55. The highest BCUT2D eigenvalue weighted by Gasteiger charge is 2.29. The van der Waals surface area contributed by atoms with Crippen LogP contribution in [0.15, 0.2) is 24.3 Å². The molecule has 6 nitrogen and oxygen atoms in total. The molecule has 0 heterocycles. The van der Waals surface area contributed by atoms with E-state index in [1.807, 2.05) is 4.72 Å². The summed E-state index contributed by atoms with van der Waals surface area (Å²) in [6.45, 7) is -1.68. The van der Waals surface area contributed by atoms with Gasteiger partial charge in [-0.3, -0.25) is 9.52 Å². The number of alkyl halides is 3. The normalized spacial score (nSPS) is 12.1. The van der Waals surface area contributed by atoms with Gasteiger partial charge in [0, 0.05) is 6.42 Å². The van der Waals surface area contributed by atoms with Crippen molar-refractivity contribution < 1.29 is 31.5 Å². The third kappa shape index (κ3) is 7.51. The van der Waals surface area contributed by atoms with E-state index in [-0.39, 0.29) is 18.5 Å². The number of carbonyl (C=O) groups is 1. The Bertz CT molecular complexity index is 602. The first-order valence-corrected chi connectivity index (χ1v) is 7.21. The highest BCUT2D eigenvalue weighted by Crippen LogP contribution is 2.15. The van der Waals surface area contributed by atoms with Crippen LogP contribution in [0.1, 0.15) is 12.0 Å². The Morgan fingerprint density at radius 3 is 2.52 bits per heavy atom. The van der Waals surface area contributed by atoms with Gasteiger partial charge in [-0.1, -0.05) is 12.1 Å². The molecule has 10 heteroatoms. The lowest BCUT2D eigenvalue weighted by atomic mass is 10.1. The van der Waals surface area contributed by atoms with Crippen molar-refractivity contribution in [2.75, 3.05) is 11.3 Å². The molecular weight excluding hydrogens is 313 g/mol. The smallest absolute Gasteiger partial charge is 0.402 e. The Morgan fingerprint density at radius 1 is 1.29 bits per heavy atom. The zero-order chi connectivity index (χ0) is 16.1. The fourth-order valence-corrected chi connectivity index (χ4v) is 2.27. The monoisotopic (exact) mass is 326 g/mol. The maximum atomic E-state index is 12.0. The number of rotatable bonds is 7. The van der Waals surface area contributed by atoms with Crippen LogP contribution in [-0.2, 0) is 21.4 Å². The fraction of sp³-hybridized carbons (Fsp3) is 0.364. The van der Waals surface area contributed by atoms with Gasteiger partial charge in [-0.15, -0.1) is 0 Å². The van der Waals surface area contributed by atoms with E-state index < -0.39 is 28.9 Å². The van der Waals surface area contributed by atoms with Crippen molar-refractivity contribution in [2.24, 2.45) is 0 Å². The third-order valence-corrected chi connectivity index (χ3v) is 3.30. The van der Waals surface area contributed by atoms with Crippen LogP contribution < -0.4 is 9.44 Å². The molecule has 0 radical (unpaired) electrons. The van der Waals surface area contributed by atoms with E-state index in [9.17, 15) is 26.4 Å². The largest absolute Gasteiger partial charge is 0.481 e. The van der Waals surface area contributed by atoms with Crippen molar-refractivity contribution in [3.8, 4) is 0 Å². The Morgan fingerprint density at radius 2 is 1.95 bits per heavy atom. The van der Waals surface area contributed by atoms with Crippen LogP contribution >= 0.6 is 0 Å². The second-order valence-corrected chi connectivity index (χ2v) is 5.64. The first kappa shape index (κ1) is 17.2. The third-order valence-electron chi connectivity index (χ3n) is 2.27. The summed E-state index contributed by atoms with van der Waals surface area (Å²) >= 11 is 0. The average molecular weight is 326 g/mol. The van der Waals surface area contributed by atoms with Gasteiger partial charge in [-0.2, -0.15) is 26.3 Å². The second kappa shape index (κ2) is 6.76. The van der Waals surface area contributed by atoms with Crippen molar-refractivity contribution in [3.05, 3.63) is 29.8 Å². The van der Waals surface area contributed by atoms with Crippen LogP contribution in [0, 0.1) is 0 Å². The Hall–Kier alpha value is -1.81. The molecule has 0 saturated carbocycles. The van der Waals surface area contributed by atoms with Crippen LogP contribution in [0.3, 0.4) is 0 Å². The van der Waals surface area contributed by atoms with Crippen LogP contribution in [0.25, 0.3) is 0 Å². The van der Waals surface area contributed by atoms with Gasteiger partial charge in [-0.05, 0) is 24.1 Å². The molecule has 0 unspecified atom stereocenters. The molecule has 0 amide bonds. The van der Waals surface area contributed by atoms with Gasteiger partial charge in [0.05, 0.1) is 5.69 Å². The first-order valence-electron chi connectivity index (χ1n) is 5.72. The molecule has 0 atom stereocenters. The molecule has 1 aromatic rings. The summed E-state index contributed by atoms with van der Waals surface area (Å²) in [6.07, 6.45) is -4.61. The van der Waals surface area contributed by atoms with Crippen LogP contribution in [0.2, 0.25) is 0 Å². The lowest BCUT2D eigenvalue weighted by Crippen LogP contribution is -2.37. The zero-order valence-electron chi connectivity index (χ0n) is 10.6. The minimum Gasteiger partial charge on any atom is -0.481 e. The number of halogens is 3. The number of hydrogen-bond acceptors (Lipinski definition) is 3. The number of carboxylic acids is 1. The molecule has 0 fully saturated rings. The molecule has 0 bridgehead atoms. The molecular formula is C11H13F3N2O4S. The minimum absolute atomic E-state index is 0.0487. The second-order valence-electron chi connectivity index (χ2n) is 4.14. The van der Waals surface area contributed by atoms with E-state index in [1.165, 1.54) is 22.9 Å². The average Bonchev–Trinajstić information content (AvgIpc) is 2.33. The first-order chi connectivity index (χ1) is 9.57. The molecule has 0 aromatic heterocycles. The maximum absolute atomic E-state index is 12.0. The quantitative estimate of drug-likeness (QED) is 0.708. The number of benzene rings is 1. The standard InChI is InChI=1S/C11H13F3N2O4S/c12-11(13,14)7-15-21(19,20)16-9-3-1-2-8(6-9)4-5-10(17)18/h1-3,6,15-16H,4-5,7H2,(H,17,18). The molecule has 0 saturated heterocycles. The highest BCUT2D eigenvalue weighted by molar-refractivity contribution is 7.90. The van der Waals surface area contributed by atoms with Gasteiger partial charge in [0.1, 0.15) is 6.54 Å². The maximum Gasteiger partial charge on any atom is 0.402 e. The summed E-state index contributed by atoms with van der Waals surface area (Å²) < 4.78 is 62.0. The topological polar surface area (TPSA) is 95.5 Å². The molecule has 0 aliphatic rings. The molecule has 118 valence electrons. The van der Waals surface area contributed by atoms with Crippen molar-refractivity contribution in [1.82, 2.24) is 4.72 Å². The summed E-state index contributed by atoms with van der Waals surface area (Å²) in [6, 6.07) is 5.76. The van der Waals surface area contributed by atoms with Crippen molar-refractivity contribution in [1.29, 1.82) is 0 Å². The van der Waals surface area contributed by atoms with Gasteiger partial charge in [-0.25, -0.2) is 0 Å². The molecule has 0 aliphatic carbocycles. The molecule has 0 aliphatic heterocycles. The van der Waals surface area contributed by atoms with Gasteiger partial charge < -0.3 is 5.11 Å². The molecule has 1 aromatic carbocycles. The highest BCUT2D eigenvalue weighted by atomic mass is 32.2. The molecule has 1 rings (SSSR count). The number of nitrogens with one attached hydrogen (secondary N) is 2. The van der Waals surface area contributed by atoms with Crippen LogP contribution in [-0.4, -0.2) is 32.2 Å². The Labute approximate surface area is 119 Å². The number of anilines is 1. The fourth-order valence-electron chi connectivity index (χ4n) is 1.41. The SMILES string of the molecule is O=C(O)CCc1cccc(NS(=O)(=O)NCC(F)(F)F)c1. The summed E-state index contributed by atoms with van der Waals surface area (Å²) in [5.41, 5.74) is 0.598.